The molecule has 2 N–H and O–H groups in total. The molecule has 428 valence electrons. The van der Waals surface area contributed by atoms with Crippen molar-refractivity contribution >= 4 is 19.7 Å². The first kappa shape index (κ1) is 71.0. The van der Waals surface area contributed by atoms with Crippen LogP contribution in [-0.4, -0.2) is 74.3 Å². The van der Waals surface area contributed by atoms with E-state index in [0.717, 1.165) is 77.0 Å². The number of unbranched alkanes of at least 4 members (excludes halogenated alkanes) is 35. The molecule has 0 heterocycles. The first-order chi connectivity index (χ1) is 35.4. The van der Waals surface area contributed by atoms with E-state index in [4.69, 9.17) is 13.8 Å². The third-order valence-electron chi connectivity index (χ3n) is 13.8. The molecule has 0 spiro atoms. The second-order valence-electron chi connectivity index (χ2n) is 22.3. The number of allylic oxidation sites excluding steroid dienone is 7. The van der Waals surface area contributed by atoms with Crippen molar-refractivity contribution in [2.45, 2.75) is 303 Å². The fourth-order valence-corrected chi connectivity index (χ4v) is 9.66. The average molecular weight is 1050 g/mol. The number of phosphoric ester groups is 1. The minimum Gasteiger partial charge on any atom is -0.456 e. The Morgan fingerprint density at radius 1 is 0.479 bits per heavy atom. The van der Waals surface area contributed by atoms with Gasteiger partial charge in [0.25, 0.3) is 0 Å². The number of carbonyl (C=O) groups is 2. The van der Waals surface area contributed by atoms with Gasteiger partial charge in [-0.25, -0.2) is 4.57 Å². The van der Waals surface area contributed by atoms with Crippen LogP contribution in [0.3, 0.4) is 0 Å². The third kappa shape index (κ3) is 54.6. The first-order valence-electron chi connectivity index (χ1n) is 31.0. The van der Waals surface area contributed by atoms with Crippen LogP contribution in [0.25, 0.3) is 0 Å². The van der Waals surface area contributed by atoms with Gasteiger partial charge in [-0.05, 0) is 83.1 Å². The molecule has 0 saturated heterocycles. The Kier molecular flexibility index (Phi) is 51.9. The number of hydrogen-bond donors (Lipinski definition) is 2. The van der Waals surface area contributed by atoms with Crippen LogP contribution in [0.5, 0.6) is 0 Å². The van der Waals surface area contributed by atoms with E-state index in [0.29, 0.717) is 17.4 Å². The van der Waals surface area contributed by atoms with Crippen molar-refractivity contribution < 1.29 is 37.3 Å². The summed E-state index contributed by atoms with van der Waals surface area (Å²) in [4.78, 5) is 37.7. The molecule has 1 amide bonds. The number of esters is 1. The summed E-state index contributed by atoms with van der Waals surface area (Å²) in [7, 11) is 1.49. The summed E-state index contributed by atoms with van der Waals surface area (Å²) in [5.41, 5.74) is 0. The molecule has 0 fully saturated rings. The molecule has 73 heavy (non-hydrogen) atoms. The standard InChI is InChI=1S/C63H119N2O7P/c1-7-10-13-16-19-22-25-28-30-31-32-33-35-37-40-43-46-49-52-55-62(66)64-60(59-71-73(68,69)70-58-57-65(4,5)6)61(54-51-48-45-42-39-36-27-24-21-18-15-12-9-3)72-63(67)56-53-50-47-44-41-38-34-29-26-23-20-17-14-11-8-2/h20,23,26,28-30,51,54,60-61H,7-19,21-22,24-25,27,31-50,52-53,55-59H2,1-6H3,(H-,64,66,68,69)/p+1/b23-20+,29-26+,30-28+,54-51-. The molecule has 0 aromatic heterocycles. The van der Waals surface area contributed by atoms with Gasteiger partial charge in [0.2, 0.25) is 5.91 Å². The highest BCUT2D eigenvalue weighted by molar-refractivity contribution is 7.47. The largest absolute Gasteiger partial charge is 0.472 e. The van der Waals surface area contributed by atoms with Crippen LogP contribution < -0.4 is 5.32 Å². The Morgan fingerprint density at radius 2 is 0.836 bits per heavy atom. The molecular weight excluding hydrogens is 928 g/mol. The Balaban J connectivity index is 5.29. The molecule has 0 aliphatic heterocycles. The quantitative estimate of drug-likeness (QED) is 0.0156. The zero-order valence-corrected chi connectivity index (χ0v) is 49.8. The highest BCUT2D eigenvalue weighted by Crippen LogP contribution is 2.43. The molecule has 3 unspecified atom stereocenters. The maximum absolute atomic E-state index is 13.5. The van der Waals surface area contributed by atoms with Crippen molar-refractivity contribution in [3.8, 4) is 0 Å². The normalized spacial score (nSPS) is 14.0. The van der Waals surface area contributed by atoms with Crippen molar-refractivity contribution in [1.29, 1.82) is 0 Å². The van der Waals surface area contributed by atoms with Crippen molar-refractivity contribution in [2.75, 3.05) is 40.9 Å². The third-order valence-corrected chi connectivity index (χ3v) is 14.8. The second kappa shape index (κ2) is 53.4. The average Bonchev–Trinajstić information content (AvgIpc) is 3.35. The van der Waals surface area contributed by atoms with Gasteiger partial charge in [0.15, 0.2) is 0 Å². The van der Waals surface area contributed by atoms with E-state index in [1.54, 1.807) is 0 Å². The number of nitrogens with zero attached hydrogens (tertiary/aromatic N) is 1. The van der Waals surface area contributed by atoms with E-state index in [2.05, 4.69) is 62.5 Å². The smallest absolute Gasteiger partial charge is 0.456 e. The highest BCUT2D eigenvalue weighted by atomic mass is 31.2. The summed E-state index contributed by atoms with van der Waals surface area (Å²) >= 11 is 0. The Labute approximate surface area is 452 Å². The second-order valence-corrected chi connectivity index (χ2v) is 23.7. The van der Waals surface area contributed by atoms with Crippen LogP contribution >= 0.6 is 7.82 Å². The van der Waals surface area contributed by atoms with E-state index < -0.39 is 20.0 Å². The van der Waals surface area contributed by atoms with Gasteiger partial charge in [0.05, 0.1) is 33.8 Å². The zero-order chi connectivity index (χ0) is 53.6. The molecule has 0 radical (unpaired) electrons. The van der Waals surface area contributed by atoms with Gasteiger partial charge in [-0.3, -0.25) is 18.6 Å². The Hall–Kier alpha value is -2.03. The first-order valence-corrected chi connectivity index (χ1v) is 32.5. The fourth-order valence-electron chi connectivity index (χ4n) is 8.93. The van der Waals surface area contributed by atoms with Crippen LogP contribution in [0.4, 0.5) is 0 Å². The minimum atomic E-state index is -4.45. The monoisotopic (exact) mass is 1050 g/mol. The lowest BCUT2D eigenvalue weighted by Crippen LogP contribution is -2.47. The van der Waals surface area contributed by atoms with Crippen molar-refractivity contribution in [1.82, 2.24) is 5.32 Å². The Bertz CT molecular complexity index is 1390. The van der Waals surface area contributed by atoms with Crippen molar-refractivity contribution in [3.05, 3.63) is 48.6 Å². The van der Waals surface area contributed by atoms with E-state index in [9.17, 15) is 19.0 Å². The number of quaternary nitrogens is 1. The molecule has 0 aromatic rings. The molecular formula is C63H120N2O7P+. The lowest BCUT2D eigenvalue weighted by molar-refractivity contribution is -0.870. The number of carbonyl (C=O) groups excluding carboxylic acids is 2. The number of hydrogen-bond acceptors (Lipinski definition) is 6. The molecule has 10 heteroatoms. The maximum atomic E-state index is 13.5. The highest BCUT2D eigenvalue weighted by Gasteiger charge is 2.30. The van der Waals surface area contributed by atoms with Crippen LogP contribution in [-0.2, 0) is 27.9 Å². The predicted molar refractivity (Wildman–Crippen MR) is 314 cm³/mol. The lowest BCUT2D eigenvalue weighted by atomic mass is 10.0. The van der Waals surface area contributed by atoms with Gasteiger partial charge in [-0.1, -0.05) is 243 Å². The van der Waals surface area contributed by atoms with Gasteiger partial charge < -0.3 is 19.4 Å². The molecule has 0 aromatic carbocycles. The SMILES string of the molecule is CCCCC/C=C/C=C/CCCCCCCCC(=O)OC(/C=C\CCCCCCCCCCCCC)C(COP(=O)(O)OCC[N+](C)(C)C)NC(=O)CCCCCCCCCCC/C=C/CCCCCCCC. The zero-order valence-electron chi connectivity index (χ0n) is 48.9. The van der Waals surface area contributed by atoms with Gasteiger partial charge in [0, 0.05) is 12.8 Å². The van der Waals surface area contributed by atoms with Crippen molar-refractivity contribution in [2.24, 2.45) is 0 Å². The molecule has 0 aliphatic carbocycles. The number of likely N-dealkylation sites (N-methyl/N-ethyl adjacent to an activating group) is 1. The van der Waals surface area contributed by atoms with Gasteiger partial charge in [-0.15, -0.1) is 0 Å². The minimum absolute atomic E-state index is 0.0382. The van der Waals surface area contributed by atoms with E-state index in [1.165, 1.54) is 180 Å². The van der Waals surface area contributed by atoms with E-state index in [-0.39, 0.29) is 31.5 Å². The number of nitrogens with one attached hydrogen (secondary N) is 1. The number of amides is 1. The lowest BCUT2D eigenvalue weighted by Gasteiger charge is -2.27. The summed E-state index contributed by atoms with van der Waals surface area (Å²) in [5, 5.41) is 3.06. The summed E-state index contributed by atoms with van der Waals surface area (Å²) in [5.74, 6) is -0.513. The number of phosphoric acid groups is 1. The molecule has 9 nitrogen and oxygen atoms in total. The fraction of sp³-hybridized carbons (Fsp3) is 0.841. The van der Waals surface area contributed by atoms with E-state index >= 15 is 0 Å². The van der Waals surface area contributed by atoms with Gasteiger partial charge in [-0.2, -0.15) is 0 Å². The Morgan fingerprint density at radius 3 is 1.27 bits per heavy atom. The molecule has 0 aliphatic rings. The molecule has 3 atom stereocenters. The van der Waals surface area contributed by atoms with E-state index in [1.807, 2.05) is 33.3 Å². The summed E-state index contributed by atoms with van der Waals surface area (Å²) < 4.78 is 30.7. The van der Waals surface area contributed by atoms with Crippen molar-refractivity contribution in [3.63, 3.8) is 0 Å². The molecule has 0 rings (SSSR count). The predicted octanol–water partition coefficient (Wildman–Crippen LogP) is 18.9. The maximum Gasteiger partial charge on any atom is 0.472 e. The summed E-state index contributed by atoms with van der Waals surface area (Å²) in [6.45, 7) is 6.99. The molecule has 0 saturated carbocycles. The topological polar surface area (TPSA) is 111 Å². The van der Waals surface area contributed by atoms with Gasteiger partial charge in [0.1, 0.15) is 19.3 Å². The number of ether oxygens (including phenoxy) is 1. The summed E-state index contributed by atoms with van der Waals surface area (Å²) in [6, 6.07) is -0.853. The van der Waals surface area contributed by atoms with Crippen LogP contribution in [0.2, 0.25) is 0 Å². The van der Waals surface area contributed by atoms with Gasteiger partial charge >= 0.3 is 13.8 Å². The van der Waals surface area contributed by atoms with Crippen LogP contribution in [0, 0.1) is 0 Å². The molecule has 0 bridgehead atoms. The van der Waals surface area contributed by atoms with Crippen LogP contribution in [0.1, 0.15) is 290 Å². The number of rotatable bonds is 56. The van der Waals surface area contributed by atoms with Crippen LogP contribution in [0.15, 0.2) is 48.6 Å². The summed E-state index contributed by atoms with van der Waals surface area (Å²) in [6.07, 6.45) is 65.3.